The van der Waals surface area contributed by atoms with Gasteiger partial charge in [0, 0.05) is 25.6 Å². The average Bonchev–Trinajstić information content (AvgIpc) is 2.75. The zero-order valence-corrected chi connectivity index (χ0v) is 9.48. The second kappa shape index (κ2) is 4.82. The van der Waals surface area contributed by atoms with Gasteiger partial charge in [-0.3, -0.25) is 0 Å². The largest absolute Gasteiger partial charge is 0.381 e. The molecule has 1 atom stereocenters. The van der Waals surface area contributed by atoms with Crippen molar-refractivity contribution in [2.45, 2.75) is 25.7 Å². The lowest BCUT2D eigenvalue weighted by atomic mass is 10.0. The molecule has 0 radical (unpaired) electrons. The normalized spacial score (nSPS) is 29.4. The zero-order valence-electron chi connectivity index (χ0n) is 8.73. The first-order valence-corrected chi connectivity index (χ1v) is 6.23. The van der Waals surface area contributed by atoms with Crippen LogP contribution in [0.15, 0.2) is 0 Å². The second-order valence-electron chi connectivity index (χ2n) is 4.80. The van der Waals surface area contributed by atoms with E-state index in [1.807, 2.05) is 0 Å². The van der Waals surface area contributed by atoms with Gasteiger partial charge in [-0.15, -0.1) is 11.6 Å². The molecule has 0 amide bonds. The monoisotopic (exact) mass is 217 g/mol. The number of rotatable bonds is 6. The molecule has 2 nitrogen and oxygen atoms in total. The summed E-state index contributed by atoms with van der Waals surface area (Å²) in [5.74, 6) is 1.57. The molecule has 2 fully saturated rings. The molecule has 14 heavy (non-hydrogen) atoms. The summed E-state index contributed by atoms with van der Waals surface area (Å²) in [4.78, 5) is 0. The lowest BCUT2D eigenvalue weighted by molar-refractivity contribution is 0.185. The first-order valence-electron chi connectivity index (χ1n) is 5.69. The Morgan fingerprint density at radius 1 is 1.43 bits per heavy atom. The average molecular weight is 218 g/mol. The van der Waals surface area contributed by atoms with Gasteiger partial charge in [-0.2, -0.15) is 0 Å². The number of hydrogen-bond donors (Lipinski definition) is 1. The van der Waals surface area contributed by atoms with Crippen LogP contribution >= 0.6 is 11.6 Å². The minimum atomic E-state index is 0.571. The third-order valence-electron chi connectivity index (χ3n) is 3.54. The van der Waals surface area contributed by atoms with Gasteiger partial charge in [0.2, 0.25) is 0 Å². The van der Waals surface area contributed by atoms with Gasteiger partial charge in [-0.1, -0.05) is 0 Å². The van der Waals surface area contributed by atoms with Gasteiger partial charge in [0.15, 0.2) is 0 Å². The third-order valence-corrected chi connectivity index (χ3v) is 3.73. The standard InChI is InChI=1S/C11H20ClNO/c12-5-4-11(2-3-11)9-13-7-10-1-6-14-8-10/h10,13H,1-9H2. The predicted octanol–water partition coefficient (Wildman–Crippen LogP) is 2.02. The quantitative estimate of drug-likeness (QED) is 0.688. The molecule has 2 rings (SSSR count). The van der Waals surface area contributed by atoms with Crippen molar-refractivity contribution in [1.29, 1.82) is 0 Å². The Morgan fingerprint density at radius 2 is 2.29 bits per heavy atom. The van der Waals surface area contributed by atoms with Crippen LogP contribution in [0.1, 0.15) is 25.7 Å². The van der Waals surface area contributed by atoms with Crippen LogP contribution < -0.4 is 5.32 Å². The maximum absolute atomic E-state index is 5.78. The van der Waals surface area contributed by atoms with Crippen molar-refractivity contribution >= 4 is 11.6 Å². The summed E-state index contributed by atoms with van der Waals surface area (Å²) >= 11 is 5.78. The van der Waals surface area contributed by atoms with Gasteiger partial charge in [-0.25, -0.2) is 0 Å². The first-order chi connectivity index (χ1) is 6.85. The molecule has 82 valence electrons. The van der Waals surface area contributed by atoms with Crippen molar-refractivity contribution < 1.29 is 4.74 Å². The van der Waals surface area contributed by atoms with Gasteiger partial charge in [0.25, 0.3) is 0 Å². The van der Waals surface area contributed by atoms with Crippen LogP contribution in [0.3, 0.4) is 0 Å². The Bertz CT molecular complexity index is 176. The van der Waals surface area contributed by atoms with E-state index in [9.17, 15) is 0 Å². The number of hydrogen-bond acceptors (Lipinski definition) is 2. The van der Waals surface area contributed by atoms with Crippen LogP contribution in [0.5, 0.6) is 0 Å². The molecule has 1 N–H and O–H groups in total. The van der Waals surface area contributed by atoms with E-state index in [1.54, 1.807) is 0 Å². The first kappa shape index (κ1) is 10.7. The molecule has 2 aliphatic rings. The molecule has 0 aromatic heterocycles. The summed E-state index contributed by atoms with van der Waals surface area (Å²) < 4.78 is 5.34. The Morgan fingerprint density at radius 3 is 2.86 bits per heavy atom. The summed E-state index contributed by atoms with van der Waals surface area (Å²) in [6.45, 7) is 4.20. The fourth-order valence-corrected chi connectivity index (χ4v) is 2.58. The maximum Gasteiger partial charge on any atom is 0.0507 e. The fraction of sp³-hybridized carbons (Fsp3) is 1.00. The van der Waals surface area contributed by atoms with E-state index in [1.165, 1.54) is 25.7 Å². The van der Waals surface area contributed by atoms with Crippen molar-refractivity contribution in [3.63, 3.8) is 0 Å². The van der Waals surface area contributed by atoms with Crippen LogP contribution in [0.25, 0.3) is 0 Å². The van der Waals surface area contributed by atoms with E-state index in [0.29, 0.717) is 5.41 Å². The maximum atomic E-state index is 5.78. The molecule has 0 spiro atoms. The van der Waals surface area contributed by atoms with Crippen LogP contribution in [0.4, 0.5) is 0 Å². The summed E-state index contributed by atoms with van der Waals surface area (Å²) in [6.07, 6.45) is 5.15. The smallest absolute Gasteiger partial charge is 0.0507 e. The van der Waals surface area contributed by atoms with Gasteiger partial charge in [0.1, 0.15) is 0 Å². The summed E-state index contributed by atoms with van der Waals surface area (Å²) in [6, 6.07) is 0. The van der Waals surface area contributed by atoms with Crippen LogP contribution in [0, 0.1) is 11.3 Å². The lowest BCUT2D eigenvalue weighted by Gasteiger charge is -2.16. The van der Waals surface area contributed by atoms with Gasteiger partial charge in [0.05, 0.1) is 6.61 Å². The lowest BCUT2D eigenvalue weighted by Crippen LogP contribution is -2.29. The molecule has 1 heterocycles. The Kier molecular flexibility index (Phi) is 3.69. The molecular weight excluding hydrogens is 198 g/mol. The SMILES string of the molecule is ClCCC1(CNCC2CCOC2)CC1. The second-order valence-corrected chi connectivity index (χ2v) is 5.18. The minimum absolute atomic E-state index is 0.571. The third kappa shape index (κ3) is 2.85. The van der Waals surface area contributed by atoms with Gasteiger partial charge < -0.3 is 10.1 Å². The van der Waals surface area contributed by atoms with E-state index >= 15 is 0 Å². The highest BCUT2D eigenvalue weighted by Gasteiger charge is 2.41. The Hall–Kier alpha value is 0.210. The molecule has 0 bridgehead atoms. The summed E-state index contributed by atoms with van der Waals surface area (Å²) in [5, 5.41) is 3.58. The van der Waals surface area contributed by atoms with Crippen LogP contribution in [-0.2, 0) is 4.74 Å². The molecule has 1 aliphatic carbocycles. The van der Waals surface area contributed by atoms with Crippen molar-refractivity contribution in [1.82, 2.24) is 5.32 Å². The Balaban J connectivity index is 1.58. The highest BCUT2D eigenvalue weighted by atomic mass is 35.5. The van der Waals surface area contributed by atoms with Crippen LogP contribution in [-0.4, -0.2) is 32.2 Å². The zero-order chi connectivity index (χ0) is 9.86. The molecule has 1 saturated carbocycles. The van der Waals surface area contributed by atoms with Crippen LogP contribution in [0.2, 0.25) is 0 Å². The molecule has 1 saturated heterocycles. The highest BCUT2D eigenvalue weighted by Crippen LogP contribution is 2.48. The van der Waals surface area contributed by atoms with E-state index in [2.05, 4.69) is 5.32 Å². The fourth-order valence-electron chi connectivity index (χ4n) is 2.18. The van der Waals surface area contributed by atoms with E-state index in [0.717, 1.165) is 38.1 Å². The number of ether oxygens (including phenoxy) is 1. The summed E-state index contributed by atoms with van der Waals surface area (Å²) in [7, 11) is 0. The topological polar surface area (TPSA) is 21.3 Å². The predicted molar refractivity (Wildman–Crippen MR) is 58.8 cm³/mol. The van der Waals surface area contributed by atoms with Crippen molar-refractivity contribution in [3.8, 4) is 0 Å². The number of halogens is 1. The minimum Gasteiger partial charge on any atom is -0.381 e. The van der Waals surface area contributed by atoms with Crippen molar-refractivity contribution in [2.24, 2.45) is 11.3 Å². The number of alkyl halides is 1. The molecule has 1 unspecified atom stereocenters. The molecule has 0 aromatic carbocycles. The molecule has 3 heteroatoms. The molecule has 0 aromatic rings. The van der Waals surface area contributed by atoms with E-state index < -0.39 is 0 Å². The van der Waals surface area contributed by atoms with Crippen molar-refractivity contribution in [2.75, 3.05) is 32.2 Å². The number of nitrogens with one attached hydrogen (secondary N) is 1. The molecular formula is C11H20ClNO. The van der Waals surface area contributed by atoms with Gasteiger partial charge in [-0.05, 0) is 37.0 Å². The van der Waals surface area contributed by atoms with Crippen molar-refractivity contribution in [3.05, 3.63) is 0 Å². The van der Waals surface area contributed by atoms with Gasteiger partial charge >= 0.3 is 0 Å². The highest BCUT2D eigenvalue weighted by molar-refractivity contribution is 6.17. The summed E-state index contributed by atoms with van der Waals surface area (Å²) in [5.41, 5.74) is 0.571. The molecule has 1 aliphatic heterocycles. The Labute approximate surface area is 91.3 Å². The van der Waals surface area contributed by atoms with E-state index in [-0.39, 0.29) is 0 Å². The van der Waals surface area contributed by atoms with E-state index in [4.69, 9.17) is 16.3 Å².